The van der Waals surface area contributed by atoms with Gasteiger partial charge in [0, 0.05) is 32.1 Å². The first-order valence-electron chi connectivity index (χ1n) is 10.7. The van der Waals surface area contributed by atoms with Crippen LogP contribution in [0.1, 0.15) is 34.8 Å². The molecule has 0 radical (unpaired) electrons. The largest absolute Gasteiger partial charge is 0.352 e. The van der Waals surface area contributed by atoms with Gasteiger partial charge in [-0.25, -0.2) is 14.6 Å². The third kappa shape index (κ3) is 3.27. The Hall–Kier alpha value is -3.26. The average molecular weight is 431 g/mol. The molecule has 0 atom stereocenters. The third-order valence-electron chi connectivity index (χ3n) is 6.11. The van der Waals surface area contributed by atoms with Crippen molar-refractivity contribution in [2.75, 3.05) is 31.1 Å². The molecule has 2 fully saturated rings. The minimum atomic E-state index is 0.0899. The summed E-state index contributed by atoms with van der Waals surface area (Å²) in [6.07, 6.45) is 5.63. The maximum Gasteiger partial charge on any atom is 0.257 e. The smallest absolute Gasteiger partial charge is 0.257 e. The molecule has 1 aliphatic heterocycles. The standard InChI is InChI=1S/C23H22N6OS/c30-23(19-14-26-29(20(19)16-6-7-16)17-4-2-1-3-5-17)28-11-9-27(10-12-28)21-18-8-13-31-22(18)25-15-24-21/h1-5,8,13-16H,6-7,9-12H2. The summed E-state index contributed by atoms with van der Waals surface area (Å²) in [7, 11) is 0. The van der Waals surface area contributed by atoms with Crippen molar-refractivity contribution in [2.24, 2.45) is 0 Å². The van der Waals surface area contributed by atoms with Gasteiger partial charge in [-0.3, -0.25) is 4.79 Å². The Bertz CT molecular complexity index is 1240. The summed E-state index contributed by atoms with van der Waals surface area (Å²) in [5, 5.41) is 7.74. The van der Waals surface area contributed by atoms with Crippen molar-refractivity contribution in [3.63, 3.8) is 0 Å². The van der Waals surface area contributed by atoms with Gasteiger partial charge in [-0.1, -0.05) is 18.2 Å². The number of piperazine rings is 1. The molecule has 156 valence electrons. The number of hydrogen-bond donors (Lipinski definition) is 0. The first-order chi connectivity index (χ1) is 15.3. The van der Waals surface area contributed by atoms with Gasteiger partial charge in [-0.05, 0) is 36.4 Å². The lowest BCUT2D eigenvalue weighted by Crippen LogP contribution is -2.49. The lowest BCUT2D eigenvalue weighted by atomic mass is 10.1. The molecule has 1 saturated carbocycles. The van der Waals surface area contributed by atoms with E-state index in [0.717, 1.165) is 58.9 Å². The van der Waals surface area contributed by atoms with Crippen molar-refractivity contribution in [3.8, 4) is 5.69 Å². The van der Waals surface area contributed by atoms with Crippen molar-refractivity contribution < 1.29 is 4.79 Å². The molecule has 6 rings (SSSR count). The molecule has 4 aromatic rings. The van der Waals surface area contributed by atoms with Gasteiger partial charge in [-0.15, -0.1) is 11.3 Å². The molecule has 0 unspecified atom stereocenters. The van der Waals surface area contributed by atoms with E-state index >= 15 is 0 Å². The highest BCUT2D eigenvalue weighted by atomic mass is 32.1. The van der Waals surface area contributed by atoms with Gasteiger partial charge >= 0.3 is 0 Å². The molecule has 0 N–H and O–H groups in total. The Morgan fingerprint density at radius 3 is 2.58 bits per heavy atom. The number of carbonyl (C=O) groups is 1. The molecule has 1 aromatic carbocycles. The second-order valence-electron chi connectivity index (χ2n) is 8.08. The summed E-state index contributed by atoms with van der Waals surface area (Å²) in [6, 6.07) is 12.2. The molecule has 3 aromatic heterocycles. The number of amides is 1. The summed E-state index contributed by atoms with van der Waals surface area (Å²) >= 11 is 1.63. The van der Waals surface area contributed by atoms with E-state index in [1.54, 1.807) is 23.9 Å². The van der Waals surface area contributed by atoms with Crippen LogP contribution in [0.2, 0.25) is 0 Å². The van der Waals surface area contributed by atoms with E-state index in [1.165, 1.54) is 0 Å². The van der Waals surface area contributed by atoms with Gasteiger partial charge in [0.2, 0.25) is 0 Å². The van der Waals surface area contributed by atoms with Crippen LogP contribution in [-0.4, -0.2) is 56.7 Å². The minimum absolute atomic E-state index is 0.0899. The fourth-order valence-corrected chi connectivity index (χ4v) is 5.10. The number of para-hydroxylation sites is 1. The molecule has 1 amide bonds. The van der Waals surface area contributed by atoms with Crippen LogP contribution in [0.3, 0.4) is 0 Å². The topological polar surface area (TPSA) is 67.2 Å². The Kier molecular flexibility index (Phi) is 4.45. The quantitative estimate of drug-likeness (QED) is 0.494. The summed E-state index contributed by atoms with van der Waals surface area (Å²) in [5.41, 5.74) is 2.83. The van der Waals surface area contributed by atoms with E-state index in [1.807, 2.05) is 45.3 Å². The highest BCUT2D eigenvalue weighted by molar-refractivity contribution is 7.16. The van der Waals surface area contributed by atoms with Crippen LogP contribution in [-0.2, 0) is 0 Å². The van der Waals surface area contributed by atoms with E-state index < -0.39 is 0 Å². The summed E-state index contributed by atoms with van der Waals surface area (Å²) in [6.45, 7) is 2.88. The molecule has 8 heteroatoms. The van der Waals surface area contributed by atoms with Gasteiger partial charge in [0.25, 0.3) is 5.91 Å². The second-order valence-corrected chi connectivity index (χ2v) is 8.98. The number of carbonyl (C=O) groups excluding carboxylic acids is 1. The molecule has 1 aliphatic carbocycles. The zero-order valence-corrected chi connectivity index (χ0v) is 17.8. The fraction of sp³-hybridized carbons (Fsp3) is 0.304. The molecule has 7 nitrogen and oxygen atoms in total. The fourth-order valence-electron chi connectivity index (χ4n) is 4.37. The predicted octanol–water partition coefficient (Wildman–Crippen LogP) is 3.72. The average Bonchev–Trinajstić information content (AvgIpc) is 3.37. The number of anilines is 1. The van der Waals surface area contributed by atoms with Crippen LogP contribution in [0.4, 0.5) is 5.82 Å². The summed E-state index contributed by atoms with van der Waals surface area (Å²) in [4.78, 5) is 27.5. The SMILES string of the molecule is O=C(c1cnn(-c2ccccc2)c1C1CC1)N1CCN(c2ncnc3sccc23)CC1. The number of rotatable bonds is 4. The van der Waals surface area contributed by atoms with E-state index in [4.69, 9.17) is 0 Å². The Balaban J connectivity index is 1.23. The highest BCUT2D eigenvalue weighted by Gasteiger charge is 2.35. The first kappa shape index (κ1) is 18.5. The first-order valence-corrected chi connectivity index (χ1v) is 11.5. The number of thiophene rings is 1. The monoisotopic (exact) mass is 430 g/mol. The third-order valence-corrected chi connectivity index (χ3v) is 6.93. The Labute approximate surface area is 184 Å². The van der Waals surface area contributed by atoms with Gasteiger partial charge in [0.1, 0.15) is 17.0 Å². The van der Waals surface area contributed by atoms with Crippen LogP contribution in [0.25, 0.3) is 15.9 Å². The number of nitrogens with zero attached hydrogens (tertiary/aromatic N) is 6. The lowest BCUT2D eigenvalue weighted by Gasteiger charge is -2.35. The van der Waals surface area contributed by atoms with Crippen molar-refractivity contribution >= 4 is 33.3 Å². The van der Waals surface area contributed by atoms with E-state index in [9.17, 15) is 4.79 Å². The van der Waals surface area contributed by atoms with Gasteiger partial charge in [0.15, 0.2) is 0 Å². The molecule has 31 heavy (non-hydrogen) atoms. The normalized spacial score (nSPS) is 16.8. The maximum absolute atomic E-state index is 13.4. The maximum atomic E-state index is 13.4. The van der Waals surface area contributed by atoms with E-state index in [0.29, 0.717) is 19.0 Å². The molecule has 0 spiro atoms. The molecule has 0 bridgehead atoms. The predicted molar refractivity (Wildman–Crippen MR) is 121 cm³/mol. The summed E-state index contributed by atoms with van der Waals surface area (Å²) in [5.74, 6) is 1.48. The van der Waals surface area contributed by atoms with Crippen molar-refractivity contribution in [1.29, 1.82) is 0 Å². The lowest BCUT2D eigenvalue weighted by molar-refractivity contribution is 0.0745. The van der Waals surface area contributed by atoms with Crippen molar-refractivity contribution in [1.82, 2.24) is 24.6 Å². The van der Waals surface area contributed by atoms with Gasteiger partial charge in [-0.2, -0.15) is 5.10 Å². The Morgan fingerprint density at radius 1 is 1.00 bits per heavy atom. The highest BCUT2D eigenvalue weighted by Crippen LogP contribution is 2.42. The summed E-state index contributed by atoms with van der Waals surface area (Å²) < 4.78 is 1.95. The minimum Gasteiger partial charge on any atom is -0.352 e. The second kappa shape index (κ2) is 7.46. The zero-order chi connectivity index (χ0) is 20.8. The molecule has 2 aliphatic rings. The van der Waals surface area contributed by atoms with Crippen LogP contribution in [0.5, 0.6) is 0 Å². The van der Waals surface area contributed by atoms with Crippen molar-refractivity contribution in [3.05, 3.63) is 65.6 Å². The molecule has 1 saturated heterocycles. The Morgan fingerprint density at radius 2 is 1.81 bits per heavy atom. The van der Waals surface area contributed by atoms with E-state index in [2.05, 4.69) is 26.0 Å². The number of fused-ring (bicyclic) bond motifs is 1. The van der Waals surface area contributed by atoms with Crippen LogP contribution < -0.4 is 4.90 Å². The van der Waals surface area contributed by atoms with Gasteiger partial charge < -0.3 is 9.80 Å². The van der Waals surface area contributed by atoms with Crippen LogP contribution in [0.15, 0.2) is 54.3 Å². The number of benzene rings is 1. The van der Waals surface area contributed by atoms with Gasteiger partial charge in [0.05, 0.1) is 28.5 Å². The number of aromatic nitrogens is 4. The van der Waals surface area contributed by atoms with Crippen LogP contribution >= 0.6 is 11.3 Å². The molecule has 4 heterocycles. The van der Waals surface area contributed by atoms with Crippen LogP contribution in [0, 0.1) is 0 Å². The molecular formula is C23H22N6OS. The van der Waals surface area contributed by atoms with Crippen molar-refractivity contribution in [2.45, 2.75) is 18.8 Å². The molecular weight excluding hydrogens is 408 g/mol. The number of hydrogen-bond acceptors (Lipinski definition) is 6. The zero-order valence-electron chi connectivity index (χ0n) is 17.0. The van der Waals surface area contributed by atoms with E-state index in [-0.39, 0.29) is 5.91 Å².